The zero-order chi connectivity index (χ0) is 28.7. The van der Waals surface area contributed by atoms with Gasteiger partial charge in [-0.1, -0.05) is 49.0 Å². The molecule has 2 aromatic carbocycles. The first kappa shape index (κ1) is 30.8. The second-order valence-corrected chi connectivity index (χ2v) is 12.2. The first-order valence-corrected chi connectivity index (χ1v) is 15.3. The van der Waals surface area contributed by atoms with Gasteiger partial charge in [0.25, 0.3) is 0 Å². The Balaban J connectivity index is 1.98. The number of benzene rings is 2. The van der Waals surface area contributed by atoms with Gasteiger partial charge in [0.2, 0.25) is 21.8 Å². The summed E-state index contributed by atoms with van der Waals surface area (Å²) in [5, 5.41) is 3.84. The van der Waals surface area contributed by atoms with E-state index in [1.807, 2.05) is 6.92 Å². The number of hydrogen-bond donors (Lipinski definition) is 1. The minimum atomic E-state index is -3.90. The number of sulfonamides is 1. The Morgan fingerprint density at radius 1 is 1.05 bits per heavy atom. The number of nitrogens with one attached hydrogen (secondary N) is 1. The molecule has 0 unspecified atom stereocenters. The molecule has 1 atom stereocenters. The Labute approximate surface area is 240 Å². The highest BCUT2D eigenvalue weighted by molar-refractivity contribution is 7.92. The molecular weight excluding hydrogens is 565 g/mol. The minimum Gasteiger partial charge on any atom is -0.493 e. The number of amides is 2. The van der Waals surface area contributed by atoms with Gasteiger partial charge in [-0.15, -0.1) is 0 Å². The van der Waals surface area contributed by atoms with Gasteiger partial charge in [0, 0.05) is 28.7 Å². The minimum absolute atomic E-state index is 0.00500. The predicted molar refractivity (Wildman–Crippen MR) is 153 cm³/mol. The highest BCUT2D eigenvalue weighted by atomic mass is 35.5. The van der Waals surface area contributed by atoms with E-state index in [-0.39, 0.29) is 24.2 Å². The molecule has 1 fully saturated rings. The maximum absolute atomic E-state index is 13.9. The lowest BCUT2D eigenvalue weighted by Gasteiger charge is -2.33. The first-order chi connectivity index (χ1) is 18.5. The average molecular weight is 601 g/mol. The van der Waals surface area contributed by atoms with E-state index in [0.29, 0.717) is 33.5 Å². The monoisotopic (exact) mass is 599 g/mol. The van der Waals surface area contributed by atoms with E-state index < -0.39 is 28.5 Å². The molecule has 2 aromatic rings. The molecule has 1 aliphatic rings. The molecule has 0 saturated heterocycles. The van der Waals surface area contributed by atoms with Crippen molar-refractivity contribution >= 4 is 50.7 Å². The van der Waals surface area contributed by atoms with Crippen molar-refractivity contribution in [3.8, 4) is 11.5 Å². The maximum atomic E-state index is 13.9. The fourth-order valence-corrected chi connectivity index (χ4v) is 6.02. The number of carbonyl (C=O) groups is 2. The van der Waals surface area contributed by atoms with Gasteiger partial charge >= 0.3 is 0 Å². The predicted octanol–water partition coefficient (Wildman–Crippen LogP) is 4.64. The summed E-state index contributed by atoms with van der Waals surface area (Å²) >= 11 is 12.5. The molecule has 214 valence electrons. The van der Waals surface area contributed by atoms with Crippen LogP contribution in [-0.2, 0) is 26.2 Å². The summed E-state index contributed by atoms with van der Waals surface area (Å²) in [7, 11) is -1.00. The molecule has 0 aromatic heterocycles. The summed E-state index contributed by atoms with van der Waals surface area (Å²) in [6.07, 6.45) is 5.20. The number of anilines is 1. The first-order valence-electron chi connectivity index (χ1n) is 12.7. The molecule has 1 N–H and O–H groups in total. The number of nitrogens with zero attached hydrogens (tertiary/aromatic N) is 2. The van der Waals surface area contributed by atoms with Gasteiger partial charge in [0.15, 0.2) is 11.5 Å². The Morgan fingerprint density at radius 2 is 1.72 bits per heavy atom. The van der Waals surface area contributed by atoms with Crippen LogP contribution in [0, 0.1) is 0 Å². The Kier molecular flexibility index (Phi) is 10.7. The summed E-state index contributed by atoms with van der Waals surface area (Å²) in [6.45, 7) is 1.27. The lowest BCUT2D eigenvalue weighted by atomic mass is 10.1. The molecule has 0 bridgehead atoms. The van der Waals surface area contributed by atoms with Crippen molar-refractivity contribution in [2.75, 3.05) is 31.3 Å². The zero-order valence-corrected chi connectivity index (χ0v) is 24.9. The van der Waals surface area contributed by atoms with Crippen LogP contribution in [-0.4, -0.2) is 64.2 Å². The van der Waals surface area contributed by atoms with E-state index in [4.69, 9.17) is 32.7 Å². The second kappa shape index (κ2) is 13.6. The summed E-state index contributed by atoms with van der Waals surface area (Å²) in [5.41, 5.74) is 0.801. The van der Waals surface area contributed by atoms with Crippen LogP contribution >= 0.6 is 23.2 Å². The van der Waals surface area contributed by atoms with Crippen molar-refractivity contribution in [3.05, 3.63) is 52.0 Å². The van der Waals surface area contributed by atoms with Crippen molar-refractivity contribution in [1.29, 1.82) is 0 Å². The third-order valence-corrected chi connectivity index (χ3v) is 8.51. The standard InChI is InChI=1S/C27H35Cl2N3O6S/c1-5-23(27(34)30-20-8-6-7-9-20)31(16-18-10-11-19(28)14-22(18)29)26(33)17-32(39(4,35)36)21-12-13-24(37-2)25(15-21)38-3/h10-15,20,23H,5-9,16-17H2,1-4H3,(H,30,34)/t23-/m1/s1. The number of ether oxygens (including phenoxy) is 2. The number of halogens is 2. The van der Waals surface area contributed by atoms with Crippen LogP contribution in [0.2, 0.25) is 10.0 Å². The van der Waals surface area contributed by atoms with E-state index in [1.165, 1.54) is 31.3 Å². The van der Waals surface area contributed by atoms with Crippen LogP contribution in [0.15, 0.2) is 36.4 Å². The summed E-state index contributed by atoms with van der Waals surface area (Å²) in [5.74, 6) is -0.118. The van der Waals surface area contributed by atoms with Crippen molar-refractivity contribution in [2.45, 2.75) is 57.7 Å². The fraction of sp³-hybridized carbons (Fsp3) is 0.481. The lowest BCUT2D eigenvalue weighted by molar-refractivity contribution is -0.140. The average Bonchev–Trinajstić information content (AvgIpc) is 3.40. The normalized spacial score (nSPS) is 14.5. The molecule has 0 radical (unpaired) electrons. The molecule has 2 amide bonds. The molecule has 0 heterocycles. The van der Waals surface area contributed by atoms with Gasteiger partial charge in [0.1, 0.15) is 12.6 Å². The highest BCUT2D eigenvalue weighted by Crippen LogP contribution is 2.33. The number of hydrogen-bond acceptors (Lipinski definition) is 6. The third-order valence-electron chi connectivity index (χ3n) is 6.78. The summed E-state index contributed by atoms with van der Waals surface area (Å²) < 4.78 is 37.3. The third kappa shape index (κ3) is 7.93. The van der Waals surface area contributed by atoms with Crippen LogP contribution in [0.3, 0.4) is 0 Å². The Hall–Kier alpha value is -2.69. The van der Waals surface area contributed by atoms with Crippen molar-refractivity contribution in [2.24, 2.45) is 0 Å². The maximum Gasteiger partial charge on any atom is 0.244 e. The van der Waals surface area contributed by atoms with Gasteiger partial charge < -0.3 is 19.7 Å². The van der Waals surface area contributed by atoms with Crippen molar-refractivity contribution in [1.82, 2.24) is 10.2 Å². The van der Waals surface area contributed by atoms with E-state index in [2.05, 4.69) is 5.32 Å². The van der Waals surface area contributed by atoms with E-state index in [9.17, 15) is 18.0 Å². The van der Waals surface area contributed by atoms with Gasteiger partial charge in [-0.3, -0.25) is 13.9 Å². The molecule has 39 heavy (non-hydrogen) atoms. The lowest BCUT2D eigenvalue weighted by Crippen LogP contribution is -2.53. The molecule has 0 spiro atoms. The van der Waals surface area contributed by atoms with Gasteiger partial charge in [-0.25, -0.2) is 8.42 Å². The van der Waals surface area contributed by atoms with Gasteiger partial charge in [-0.05, 0) is 49.1 Å². The number of methoxy groups -OCH3 is 2. The van der Waals surface area contributed by atoms with Gasteiger partial charge in [0.05, 0.1) is 26.2 Å². The summed E-state index contributed by atoms with van der Waals surface area (Å²) in [6, 6.07) is 8.70. The van der Waals surface area contributed by atoms with E-state index >= 15 is 0 Å². The van der Waals surface area contributed by atoms with Gasteiger partial charge in [-0.2, -0.15) is 0 Å². The van der Waals surface area contributed by atoms with Crippen LogP contribution in [0.25, 0.3) is 0 Å². The SMILES string of the molecule is CC[C@H](C(=O)NC1CCCC1)N(Cc1ccc(Cl)cc1Cl)C(=O)CN(c1ccc(OC)c(OC)c1)S(C)(=O)=O. The van der Waals surface area contributed by atoms with Crippen LogP contribution in [0.5, 0.6) is 11.5 Å². The highest BCUT2D eigenvalue weighted by Gasteiger charge is 2.33. The molecule has 9 nitrogen and oxygen atoms in total. The smallest absolute Gasteiger partial charge is 0.244 e. The molecule has 1 aliphatic carbocycles. The van der Waals surface area contributed by atoms with Crippen molar-refractivity contribution < 1.29 is 27.5 Å². The Bertz CT molecular complexity index is 1280. The number of rotatable bonds is 12. The van der Waals surface area contributed by atoms with Crippen LogP contribution < -0.4 is 19.1 Å². The Morgan fingerprint density at radius 3 is 2.28 bits per heavy atom. The summed E-state index contributed by atoms with van der Waals surface area (Å²) in [4.78, 5) is 28.7. The molecule has 3 rings (SSSR count). The zero-order valence-electron chi connectivity index (χ0n) is 22.6. The van der Waals surface area contributed by atoms with Crippen molar-refractivity contribution in [3.63, 3.8) is 0 Å². The second-order valence-electron chi connectivity index (χ2n) is 9.48. The molecule has 0 aliphatic heterocycles. The van der Waals surface area contributed by atoms with E-state index in [0.717, 1.165) is 36.2 Å². The topological polar surface area (TPSA) is 105 Å². The largest absolute Gasteiger partial charge is 0.493 e. The molecule has 12 heteroatoms. The quantitative estimate of drug-likeness (QED) is 0.381. The van der Waals surface area contributed by atoms with Crippen LogP contribution in [0.1, 0.15) is 44.6 Å². The van der Waals surface area contributed by atoms with Crippen LogP contribution in [0.4, 0.5) is 5.69 Å². The fourth-order valence-electron chi connectivity index (χ4n) is 4.71. The number of carbonyl (C=O) groups excluding carboxylic acids is 2. The molecule has 1 saturated carbocycles. The molecular formula is C27H35Cl2N3O6S. The van der Waals surface area contributed by atoms with E-state index in [1.54, 1.807) is 24.3 Å².